The molecule has 0 radical (unpaired) electrons. The molecule has 0 amide bonds. The van der Waals surface area contributed by atoms with Crippen LogP contribution in [0.2, 0.25) is 0 Å². The minimum Gasteiger partial charge on any atom is -0.465 e. The molecule has 1 N–H and O–H groups in total. The Morgan fingerprint density at radius 3 is 2.22 bits per heavy atom. The average Bonchev–Trinajstić information content (AvgIpc) is 1.82. The molecule has 0 saturated carbocycles. The van der Waals surface area contributed by atoms with Crippen molar-refractivity contribution in [2.24, 2.45) is 0 Å². The van der Waals surface area contributed by atoms with E-state index in [0.29, 0.717) is 0 Å². The van der Waals surface area contributed by atoms with Crippen LogP contribution in [0.3, 0.4) is 0 Å². The van der Waals surface area contributed by atoms with Gasteiger partial charge in [-0.05, 0) is 0 Å². The Hall–Kier alpha value is -0.710. The van der Waals surface area contributed by atoms with Crippen molar-refractivity contribution in [2.45, 2.75) is 0 Å². The number of aliphatic hydroxyl groups excluding tert-OH is 1. The molecule has 0 rings (SSSR count). The van der Waals surface area contributed by atoms with Crippen molar-refractivity contribution in [3.63, 3.8) is 0 Å². The molecule has 0 aliphatic carbocycles. The van der Waals surface area contributed by atoms with Crippen LogP contribution >= 0.6 is 0 Å². The predicted molar refractivity (Wildman–Crippen MR) is 23.4 cm³/mol. The molecule has 5 heteroatoms. The van der Waals surface area contributed by atoms with Crippen LogP contribution in [0.1, 0.15) is 0 Å². The second-order valence-electron chi connectivity index (χ2n) is 1.11. The van der Waals surface area contributed by atoms with Crippen molar-refractivity contribution in [1.29, 1.82) is 0 Å². The monoisotopic (exact) mass is 142 g/mol. The second-order valence-corrected chi connectivity index (χ2v) is 1.11. The highest BCUT2D eigenvalue weighted by atomic mass is 19.3. The Bertz CT molecular complexity index is 108. The summed E-state index contributed by atoms with van der Waals surface area (Å²) in [5.74, 6) is 0. The van der Waals surface area contributed by atoms with Crippen LogP contribution in [-0.4, -0.2) is 18.3 Å². The predicted octanol–water partition coefficient (Wildman–Crippen LogP) is 1.03. The standard InChI is InChI=1S/C4H5F3O2/c5-3(6)4(7)9-2-1-8/h8H,1-2H2. The highest BCUT2D eigenvalue weighted by Crippen LogP contribution is 2.09. The third-order valence-electron chi connectivity index (χ3n) is 0.469. The lowest BCUT2D eigenvalue weighted by molar-refractivity contribution is 0.0865. The molecule has 0 bridgehead atoms. The fourth-order valence-corrected chi connectivity index (χ4v) is 0.190. The van der Waals surface area contributed by atoms with Gasteiger partial charge in [-0.1, -0.05) is 0 Å². The summed E-state index contributed by atoms with van der Waals surface area (Å²) in [7, 11) is 0. The molecule has 0 fully saturated rings. The Kier molecular flexibility index (Phi) is 3.87. The molecule has 0 aromatic heterocycles. The van der Waals surface area contributed by atoms with Gasteiger partial charge in [-0.15, -0.1) is 0 Å². The van der Waals surface area contributed by atoms with E-state index in [1.807, 2.05) is 0 Å². The highest BCUT2D eigenvalue weighted by Gasteiger charge is 2.03. The van der Waals surface area contributed by atoms with Crippen LogP contribution in [0, 0.1) is 0 Å². The SMILES string of the molecule is OCCOC(F)=C(F)F. The zero-order chi connectivity index (χ0) is 7.28. The Morgan fingerprint density at radius 2 is 1.89 bits per heavy atom. The van der Waals surface area contributed by atoms with Crippen LogP contribution in [0.5, 0.6) is 0 Å². The van der Waals surface area contributed by atoms with E-state index in [0.717, 1.165) is 0 Å². The van der Waals surface area contributed by atoms with Gasteiger partial charge in [0.1, 0.15) is 6.61 Å². The maximum absolute atomic E-state index is 11.5. The lowest BCUT2D eigenvalue weighted by atomic mass is 10.8. The summed E-state index contributed by atoms with van der Waals surface area (Å²) in [5.41, 5.74) is 0. The molecule has 0 aliphatic rings. The van der Waals surface area contributed by atoms with Crippen molar-refractivity contribution < 1.29 is 23.0 Å². The number of ether oxygens (including phenoxy) is 1. The molecule has 0 atom stereocenters. The molecule has 0 saturated heterocycles. The number of hydrogen-bond acceptors (Lipinski definition) is 2. The van der Waals surface area contributed by atoms with E-state index in [1.54, 1.807) is 0 Å². The van der Waals surface area contributed by atoms with Gasteiger partial charge in [-0.25, -0.2) is 0 Å². The molecule has 2 nitrogen and oxygen atoms in total. The van der Waals surface area contributed by atoms with E-state index >= 15 is 0 Å². The number of aliphatic hydroxyl groups is 1. The van der Waals surface area contributed by atoms with E-state index in [1.165, 1.54) is 0 Å². The Balaban J connectivity index is 3.50. The summed E-state index contributed by atoms with van der Waals surface area (Å²) in [6.07, 6.45) is -2.51. The molecule has 0 heterocycles. The maximum atomic E-state index is 11.5. The van der Waals surface area contributed by atoms with Gasteiger partial charge < -0.3 is 9.84 Å². The Morgan fingerprint density at radius 1 is 1.33 bits per heavy atom. The van der Waals surface area contributed by atoms with E-state index in [2.05, 4.69) is 4.74 Å². The Labute approximate surface area is 49.5 Å². The fourth-order valence-electron chi connectivity index (χ4n) is 0.190. The first-order chi connectivity index (χ1) is 4.18. The molecule has 9 heavy (non-hydrogen) atoms. The molecule has 54 valence electrons. The topological polar surface area (TPSA) is 29.5 Å². The summed E-state index contributed by atoms with van der Waals surface area (Å²) in [6.45, 7) is -0.941. The molecule has 0 unspecified atom stereocenters. The normalized spacial score (nSPS) is 8.89. The van der Waals surface area contributed by atoms with E-state index in [9.17, 15) is 13.2 Å². The van der Waals surface area contributed by atoms with Crippen LogP contribution in [0.25, 0.3) is 0 Å². The zero-order valence-corrected chi connectivity index (χ0v) is 4.40. The summed E-state index contributed by atoms with van der Waals surface area (Å²) in [4.78, 5) is 0. The fraction of sp³-hybridized carbons (Fsp3) is 0.500. The van der Waals surface area contributed by atoms with Crippen LogP contribution in [0.15, 0.2) is 12.1 Å². The smallest absolute Gasteiger partial charge is 0.342 e. The van der Waals surface area contributed by atoms with Gasteiger partial charge in [0.2, 0.25) is 0 Å². The van der Waals surface area contributed by atoms with Crippen LogP contribution in [-0.2, 0) is 4.74 Å². The van der Waals surface area contributed by atoms with Gasteiger partial charge in [0.25, 0.3) is 0 Å². The quantitative estimate of drug-likeness (QED) is 0.596. The minimum atomic E-state index is -2.51. The van der Waals surface area contributed by atoms with Crippen LogP contribution in [0.4, 0.5) is 13.2 Å². The van der Waals surface area contributed by atoms with Gasteiger partial charge in [0, 0.05) is 0 Å². The van der Waals surface area contributed by atoms with Gasteiger partial charge in [0.15, 0.2) is 0 Å². The van der Waals surface area contributed by atoms with Crippen molar-refractivity contribution in [2.75, 3.05) is 13.2 Å². The highest BCUT2D eigenvalue weighted by molar-refractivity contribution is 4.80. The first-order valence-corrected chi connectivity index (χ1v) is 2.13. The minimum absolute atomic E-state index is 0.455. The van der Waals surface area contributed by atoms with Crippen molar-refractivity contribution in [3.8, 4) is 0 Å². The average molecular weight is 142 g/mol. The molecule has 0 aliphatic heterocycles. The van der Waals surface area contributed by atoms with Gasteiger partial charge in [0.05, 0.1) is 6.61 Å². The van der Waals surface area contributed by atoms with E-state index < -0.39 is 25.3 Å². The molecular formula is C4H5F3O2. The molecule has 0 aromatic rings. The summed E-state index contributed by atoms with van der Waals surface area (Å²) >= 11 is 0. The van der Waals surface area contributed by atoms with Crippen molar-refractivity contribution in [1.82, 2.24) is 0 Å². The lowest BCUT2D eigenvalue weighted by Gasteiger charge is -1.96. The van der Waals surface area contributed by atoms with Crippen LogP contribution < -0.4 is 0 Å². The van der Waals surface area contributed by atoms with Gasteiger partial charge in [-0.3, -0.25) is 0 Å². The van der Waals surface area contributed by atoms with Gasteiger partial charge in [-0.2, -0.15) is 13.2 Å². The summed E-state index contributed by atoms with van der Waals surface area (Å²) in [6, 6.07) is -1.93. The zero-order valence-electron chi connectivity index (χ0n) is 4.40. The second kappa shape index (κ2) is 4.20. The maximum Gasteiger partial charge on any atom is 0.342 e. The molecular weight excluding hydrogens is 137 g/mol. The van der Waals surface area contributed by atoms with E-state index in [-0.39, 0.29) is 0 Å². The third-order valence-corrected chi connectivity index (χ3v) is 0.469. The van der Waals surface area contributed by atoms with Crippen molar-refractivity contribution in [3.05, 3.63) is 12.1 Å². The molecule has 0 spiro atoms. The summed E-state index contributed by atoms with van der Waals surface area (Å²) in [5, 5.41) is 7.94. The van der Waals surface area contributed by atoms with Crippen molar-refractivity contribution >= 4 is 0 Å². The largest absolute Gasteiger partial charge is 0.465 e. The first kappa shape index (κ1) is 8.29. The first-order valence-electron chi connectivity index (χ1n) is 2.13. The summed E-state index contributed by atoms with van der Waals surface area (Å²) < 4.78 is 37.3. The van der Waals surface area contributed by atoms with Gasteiger partial charge >= 0.3 is 12.1 Å². The lowest BCUT2D eigenvalue weighted by Crippen LogP contribution is -1.96. The van der Waals surface area contributed by atoms with E-state index in [4.69, 9.17) is 5.11 Å². The number of hydrogen-bond donors (Lipinski definition) is 1. The number of halogens is 3. The molecule has 0 aromatic carbocycles. The third kappa shape index (κ3) is 3.84. The number of rotatable bonds is 3.